The van der Waals surface area contributed by atoms with E-state index in [4.69, 9.17) is 0 Å². The molecule has 27 heavy (non-hydrogen) atoms. The number of benzene rings is 3. The summed E-state index contributed by atoms with van der Waals surface area (Å²) in [6, 6.07) is 29.6. The summed E-state index contributed by atoms with van der Waals surface area (Å²) in [6.45, 7) is 1.93. The Morgan fingerprint density at radius 3 is 2.37 bits per heavy atom. The van der Waals surface area contributed by atoms with Crippen LogP contribution in [0.2, 0.25) is 0 Å². The van der Waals surface area contributed by atoms with Gasteiger partial charge in [0.25, 0.3) is 0 Å². The van der Waals surface area contributed by atoms with Gasteiger partial charge in [0, 0.05) is 18.7 Å². The third kappa shape index (κ3) is 4.37. The zero-order valence-corrected chi connectivity index (χ0v) is 15.4. The molecule has 0 aliphatic carbocycles. The lowest BCUT2D eigenvalue weighted by atomic mass is 9.92. The molecule has 0 amide bonds. The van der Waals surface area contributed by atoms with Crippen molar-refractivity contribution >= 4 is 6.08 Å². The average Bonchev–Trinajstić information content (AvgIpc) is 2.74. The fourth-order valence-corrected chi connectivity index (χ4v) is 3.55. The SMILES string of the molecule is C(#C[C@H]1c2ccccc2CCN1C/C=C/c1ccccc1)c1ccccc1. The fourth-order valence-electron chi connectivity index (χ4n) is 3.55. The van der Waals surface area contributed by atoms with Gasteiger partial charge in [-0.2, -0.15) is 0 Å². The van der Waals surface area contributed by atoms with Crippen LogP contribution in [0.15, 0.2) is 91.0 Å². The summed E-state index contributed by atoms with van der Waals surface area (Å²) in [4.78, 5) is 2.47. The molecule has 1 nitrogen and oxygen atoms in total. The molecule has 132 valence electrons. The maximum atomic E-state index is 3.53. The van der Waals surface area contributed by atoms with Crippen LogP contribution in [0, 0.1) is 11.8 Å². The summed E-state index contributed by atoms with van der Waals surface area (Å²) in [6.07, 6.45) is 5.53. The number of nitrogens with zero attached hydrogens (tertiary/aromatic N) is 1. The molecule has 1 aliphatic heterocycles. The van der Waals surface area contributed by atoms with Gasteiger partial charge in [0.1, 0.15) is 0 Å². The van der Waals surface area contributed by atoms with Gasteiger partial charge < -0.3 is 0 Å². The highest BCUT2D eigenvalue weighted by Crippen LogP contribution is 2.29. The molecule has 0 spiro atoms. The van der Waals surface area contributed by atoms with Crippen molar-refractivity contribution < 1.29 is 0 Å². The number of hydrogen-bond donors (Lipinski definition) is 0. The molecule has 0 saturated heterocycles. The van der Waals surface area contributed by atoms with Gasteiger partial charge in [-0.3, -0.25) is 4.90 Å². The Balaban J connectivity index is 1.58. The summed E-state index contributed by atoms with van der Waals surface area (Å²) in [5.74, 6) is 6.91. The van der Waals surface area contributed by atoms with Crippen LogP contribution in [0.3, 0.4) is 0 Å². The van der Waals surface area contributed by atoms with Crippen LogP contribution in [0.5, 0.6) is 0 Å². The molecule has 4 rings (SSSR count). The van der Waals surface area contributed by atoms with E-state index in [1.807, 2.05) is 24.3 Å². The maximum Gasteiger partial charge on any atom is 0.0980 e. The Bertz CT molecular complexity index is 961. The first-order valence-corrected chi connectivity index (χ1v) is 9.50. The molecule has 0 aromatic heterocycles. The molecular weight excluding hydrogens is 326 g/mol. The monoisotopic (exact) mass is 349 g/mol. The van der Waals surface area contributed by atoms with Crippen LogP contribution in [-0.4, -0.2) is 18.0 Å². The molecule has 0 fully saturated rings. The van der Waals surface area contributed by atoms with Crippen molar-refractivity contribution in [3.8, 4) is 11.8 Å². The number of rotatable bonds is 3. The Hall–Kier alpha value is -3.08. The molecule has 3 aromatic rings. The molecule has 1 aliphatic rings. The molecule has 1 atom stereocenters. The zero-order chi connectivity index (χ0) is 18.3. The van der Waals surface area contributed by atoms with Gasteiger partial charge in [-0.25, -0.2) is 0 Å². The number of hydrogen-bond acceptors (Lipinski definition) is 1. The van der Waals surface area contributed by atoms with Crippen molar-refractivity contribution in [1.29, 1.82) is 0 Å². The quantitative estimate of drug-likeness (QED) is 0.576. The second-order valence-corrected chi connectivity index (χ2v) is 6.79. The molecule has 1 heteroatoms. The first-order chi connectivity index (χ1) is 13.4. The molecule has 1 heterocycles. The summed E-state index contributed by atoms with van der Waals surface area (Å²) < 4.78 is 0. The van der Waals surface area contributed by atoms with Crippen molar-refractivity contribution in [3.63, 3.8) is 0 Å². The lowest BCUT2D eigenvalue weighted by molar-refractivity contribution is 0.251. The van der Waals surface area contributed by atoms with Gasteiger partial charge in [0.15, 0.2) is 0 Å². The maximum absolute atomic E-state index is 3.53. The van der Waals surface area contributed by atoms with Crippen molar-refractivity contribution in [2.45, 2.75) is 12.5 Å². The van der Waals surface area contributed by atoms with E-state index >= 15 is 0 Å². The molecular formula is C26H23N. The average molecular weight is 349 g/mol. The van der Waals surface area contributed by atoms with E-state index in [1.165, 1.54) is 16.7 Å². The summed E-state index contributed by atoms with van der Waals surface area (Å²) >= 11 is 0. The Labute approximate surface area is 162 Å². The van der Waals surface area contributed by atoms with E-state index in [0.717, 1.165) is 25.1 Å². The fraction of sp³-hybridized carbons (Fsp3) is 0.154. The Kier molecular flexibility index (Phi) is 5.48. The second kappa shape index (κ2) is 8.54. The van der Waals surface area contributed by atoms with Gasteiger partial charge in [0.2, 0.25) is 0 Å². The summed E-state index contributed by atoms with van der Waals surface area (Å²) in [7, 11) is 0. The third-order valence-corrected chi connectivity index (χ3v) is 4.96. The first kappa shape index (κ1) is 17.3. The van der Waals surface area contributed by atoms with Crippen LogP contribution >= 0.6 is 0 Å². The minimum Gasteiger partial charge on any atom is -0.282 e. The lowest BCUT2D eigenvalue weighted by Gasteiger charge is -2.33. The second-order valence-electron chi connectivity index (χ2n) is 6.79. The highest BCUT2D eigenvalue weighted by Gasteiger charge is 2.24. The van der Waals surface area contributed by atoms with Crippen LogP contribution < -0.4 is 0 Å². The normalized spacial score (nSPS) is 16.5. The highest BCUT2D eigenvalue weighted by molar-refractivity contribution is 5.49. The van der Waals surface area contributed by atoms with E-state index in [-0.39, 0.29) is 6.04 Å². The zero-order valence-electron chi connectivity index (χ0n) is 15.4. The lowest BCUT2D eigenvalue weighted by Crippen LogP contribution is -2.34. The topological polar surface area (TPSA) is 3.24 Å². The molecule has 0 saturated carbocycles. The van der Waals surface area contributed by atoms with Gasteiger partial charge in [-0.15, -0.1) is 0 Å². The predicted octanol–water partition coefficient (Wildman–Crippen LogP) is 5.35. The van der Waals surface area contributed by atoms with E-state index in [0.29, 0.717) is 0 Å². The van der Waals surface area contributed by atoms with E-state index in [1.54, 1.807) is 0 Å². The predicted molar refractivity (Wildman–Crippen MR) is 113 cm³/mol. The van der Waals surface area contributed by atoms with Crippen LogP contribution in [0.25, 0.3) is 6.08 Å². The van der Waals surface area contributed by atoms with Crippen LogP contribution in [0.4, 0.5) is 0 Å². The Morgan fingerprint density at radius 1 is 0.852 bits per heavy atom. The van der Waals surface area contributed by atoms with Crippen molar-refractivity contribution in [2.24, 2.45) is 0 Å². The van der Waals surface area contributed by atoms with Crippen LogP contribution in [-0.2, 0) is 6.42 Å². The van der Waals surface area contributed by atoms with Crippen molar-refractivity contribution in [2.75, 3.05) is 13.1 Å². The molecule has 0 N–H and O–H groups in total. The first-order valence-electron chi connectivity index (χ1n) is 9.50. The van der Waals surface area contributed by atoms with E-state index < -0.39 is 0 Å². The van der Waals surface area contributed by atoms with Crippen LogP contribution in [0.1, 0.15) is 28.3 Å². The van der Waals surface area contributed by atoms with Gasteiger partial charge in [-0.1, -0.05) is 96.8 Å². The van der Waals surface area contributed by atoms with Gasteiger partial charge in [0.05, 0.1) is 6.04 Å². The van der Waals surface area contributed by atoms with E-state index in [2.05, 4.69) is 89.6 Å². The minimum atomic E-state index is 0.135. The smallest absolute Gasteiger partial charge is 0.0980 e. The summed E-state index contributed by atoms with van der Waals surface area (Å²) in [5.41, 5.74) is 5.08. The molecule has 0 bridgehead atoms. The van der Waals surface area contributed by atoms with Crippen molar-refractivity contribution in [3.05, 3.63) is 113 Å². The molecule has 0 unspecified atom stereocenters. The molecule has 0 radical (unpaired) electrons. The highest BCUT2D eigenvalue weighted by atomic mass is 15.2. The van der Waals surface area contributed by atoms with Gasteiger partial charge >= 0.3 is 0 Å². The summed E-state index contributed by atoms with van der Waals surface area (Å²) in [5, 5.41) is 0. The van der Waals surface area contributed by atoms with Crippen molar-refractivity contribution in [1.82, 2.24) is 4.90 Å². The minimum absolute atomic E-state index is 0.135. The number of fused-ring (bicyclic) bond motifs is 1. The largest absolute Gasteiger partial charge is 0.282 e. The third-order valence-electron chi connectivity index (χ3n) is 4.96. The van der Waals surface area contributed by atoms with E-state index in [9.17, 15) is 0 Å². The van der Waals surface area contributed by atoms with Gasteiger partial charge in [-0.05, 0) is 35.2 Å². The standard InChI is InChI=1S/C26H23N/c1-3-10-22(11-4-1)14-9-20-27-21-19-24-15-7-8-16-25(24)26(27)18-17-23-12-5-2-6-13-23/h1-16,26H,19-21H2/b14-9+/t26-/m0/s1. The molecule has 3 aromatic carbocycles. The Morgan fingerprint density at radius 2 is 1.56 bits per heavy atom.